The van der Waals surface area contributed by atoms with E-state index >= 15 is 0 Å². The number of aromatic nitrogens is 1. The summed E-state index contributed by atoms with van der Waals surface area (Å²) in [4.78, 5) is 4.15. The number of nitrogens with one attached hydrogen (secondary N) is 1. The molecule has 0 fully saturated rings. The van der Waals surface area contributed by atoms with Crippen LogP contribution in [0.1, 0.15) is 6.92 Å². The molecule has 0 saturated heterocycles. The van der Waals surface area contributed by atoms with E-state index in [1.54, 1.807) is 13.3 Å². The van der Waals surface area contributed by atoms with E-state index in [1.807, 2.05) is 19.1 Å². The quantitative estimate of drug-likeness (QED) is 0.723. The van der Waals surface area contributed by atoms with Gasteiger partial charge in [-0.3, -0.25) is 0 Å². The predicted octanol–water partition coefficient (Wildman–Crippen LogP) is 0.849. The van der Waals surface area contributed by atoms with Gasteiger partial charge in [0, 0.05) is 12.6 Å². The first-order valence-corrected chi connectivity index (χ1v) is 4.23. The van der Waals surface area contributed by atoms with Gasteiger partial charge >= 0.3 is 0 Å². The summed E-state index contributed by atoms with van der Waals surface area (Å²) in [6.07, 6.45) is 1.67. The summed E-state index contributed by atoms with van der Waals surface area (Å²) in [5, 5.41) is 3.15. The van der Waals surface area contributed by atoms with Gasteiger partial charge in [0.15, 0.2) is 0 Å². The average Bonchev–Trinajstić information content (AvgIpc) is 2.19. The van der Waals surface area contributed by atoms with E-state index in [-0.39, 0.29) is 6.04 Å². The van der Waals surface area contributed by atoms with Crippen molar-refractivity contribution in [3.63, 3.8) is 0 Å². The maximum atomic E-state index is 5.46. The third-order valence-corrected chi connectivity index (χ3v) is 1.72. The second kappa shape index (κ2) is 4.67. The van der Waals surface area contributed by atoms with Crippen molar-refractivity contribution < 1.29 is 4.74 Å². The maximum Gasteiger partial charge on any atom is 0.137 e. The number of nitrogens with zero attached hydrogens (tertiary/aromatic N) is 1. The first-order chi connectivity index (χ1) is 6.26. The fourth-order valence-electron chi connectivity index (χ4n) is 0.898. The first-order valence-electron chi connectivity index (χ1n) is 4.23. The van der Waals surface area contributed by atoms with Crippen LogP contribution in [0.15, 0.2) is 18.3 Å². The minimum absolute atomic E-state index is 0.237. The number of rotatable bonds is 4. The molecule has 0 aliphatic heterocycles. The van der Waals surface area contributed by atoms with Gasteiger partial charge in [-0.2, -0.15) is 0 Å². The second-order valence-electron chi connectivity index (χ2n) is 2.86. The normalized spacial score (nSPS) is 12.2. The molecule has 0 aliphatic carbocycles. The molecule has 4 nitrogen and oxygen atoms in total. The van der Waals surface area contributed by atoms with Crippen LogP contribution in [-0.4, -0.2) is 24.7 Å². The van der Waals surface area contributed by atoms with Crippen LogP contribution in [-0.2, 0) is 0 Å². The Balaban J connectivity index is 2.58. The van der Waals surface area contributed by atoms with E-state index in [1.165, 1.54) is 0 Å². The average molecular weight is 181 g/mol. The molecule has 3 N–H and O–H groups in total. The van der Waals surface area contributed by atoms with Crippen LogP contribution in [0.25, 0.3) is 0 Å². The van der Waals surface area contributed by atoms with E-state index in [0.29, 0.717) is 6.54 Å². The Morgan fingerprint density at radius 2 is 2.38 bits per heavy atom. The van der Waals surface area contributed by atoms with Gasteiger partial charge in [-0.1, -0.05) is 0 Å². The Kier molecular flexibility index (Phi) is 3.52. The van der Waals surface area contributed by atoms with Crippen molar-refractivity contribution in [1.82, 2.24) is 4.98 Å². The van der Waals surface area contributed by atoms with Crippen LogP contribution < -0.4 is 15.8 Å². The molecule has 0 saturated carbocycles. The zero-order chi connectivity index (χ0) is 9.68. The lowest BCUT2D eigenvalue weighted by Crippen LogP contribution is -2.25. The summed E-state index contributed by atoms with van der Waals surface area (Å²) >= 11 is 0. The lowest BCUT2D eigenvalue weighted by Gasteiger charge is -2.11. The lowest BCUT2D eigenvalue weighted by atomic mass is 10.3. The van der Waals surface area contributed by atoms with Crippen molar-refractivity contribution in [3.05, 3.63) is 18.3 Å². The third-order valence-electron chi connectivity index (χ3n) is 1.72. The van der Waals surface area contributed by atoms with Gasteiger partial charge in [0.05, 0.1) is 13.3 Å². The van der Waals surface area contributed by atoms with Gasteiger partial charge in [-0.15, -0.1) is 0 Å². The number of anilines is 1. The number of hydrogen-bond donors (Lipinski definition) is 2. The van der Waals surface area contributed by atoms with Crippen LogP contribution in [0.5, 0.6) is 5.75 Å². The van der Waals surface area contributed by atoms with Crippen LogP contribution in [0.3, 0.4) is 0 Å². The Bertz CT molecular complexity index is 248. The molecule has 72 valence electrons. The molecule has 0 bridgehead atoms. The molecule has 1 atom stereocenters. The highest BCUT2D eigenvalue weighted by Gasteiger charge is 1.99. The number of ether oxygens (including phenoxy) is 1. The minimum atomic E-state index is 0.237. The Morgan fingerprint density at radius 1 is 1.62 bits per heavy atom. The van der Waals surface area contributed by atoms with Gasteiger partial charge in [0.25, 0.3) is 0 Å². The van der Waals surface area contributed by atoms with E-state index in [4.69, 9.17) is 10.5 Å². The molecule has 1 unspecified atom stereocenters. The first kappa shape index (κ1) is 9.80. The molecule has 0 radical (unpaired) electrons. The summed E-state index contributed by atoms with van der Waals surface area (Å²) in [6, 6.07) is 3.96. The number of pyridine rings is 1. The second-order valence-corrected chi connectivity index (χ2v) is 2.86. The van der Waals surface area contributed by atoms with Crippen molar-refractivity contribution in [2.75, 3.05) is 19.0 Å². The number of nitrogens with two attached hydrogens (primary N) is 1. The maximum absolute atomic E-state index is 5.46. The summed E-state index contributed by atoms with van der Waals surface area (Å²) in [5.41, 5.74) is 5.46. The molecule has 1 aromatic rings. The molecule has 1 aromatic heterocycles. The molecule has 1 rings (SSSR count). The van der Waals surface area contributed by atoms with Gasteiger partial charge in [0.2, 0.25) is 0 Å². The smallest absolute Gasteiger partial charge is 0.137 e. The predicted molar refractivity (Wildman–Crippen MR) is 52.9 cm³/mol. The summed E-state index contributed by atoms with van der Waals surface area (Å²) in [5.74, 6) is 1.57. The fraction of sp³-hybridized carbons (Fsp3) is 0.444. The summed E-state index contributed by atoms with van der Waals surface area (Å²) < 4.78 is 4.99. The summed E-state index contributed by atoms with van der Waals surface area (Å²) in [6.45, 7) is 2.60. The topological polar surface area (TPSA) is 60.2 Å². The summed E-state index contributed by atoms with van der Waals surface area (Å²) in [7, 11) is 1.62. The Labute approximate surface area is 78.1 Å². The zero-order valence-corrected chi connectivity index (χ0v) is 7.95. The molecule has 13 heavy (non-hydrogen) atoms. The monoisotopic (exact) mass is 181 g/mol. The molecule has 0 aromatic carbocycles. The van der Waals surface area contributed by atoms with Crippen molar-refractivity contribution in [1.29, 1.82) is 0 Å². The Hall–Kier alpha value is -1.29. The van der Waals surface area contributed by atoms with Crippen LogP contribution >= 0.6 is 0 Å². The van der Waals surface area contributed by atoms with Gasteiger partial charge in [-0.25, -0.2) is 4.98 Å². The molecular formula is C9H15N3O. The van der Waals surface area contributed by atoms with Gasteiger partial charge in [0.1, 0.15) is 11.6 Å². The van der Waals surface area contributed by atoms with Crippen molar-refractivity contribution in [2.45, 2.75) is 13.0 Å². The van der Waals surface area contributed by atoms with Crippen molar-refractivity contribution >= 4 is 5.82 Å². The van der Waals surface area contributed by atoms with Crippen LogP contribution in [0.4, 0.5) is 5.82 Å². The van der Waals surface area contributed by atoms with E-state index in [2.05, 4.69) is 10.3 Å². The van der Waals surface area contributed by atoms with E-state index in [0.717, 1.165) is 11.6 Å². The molecule has 0 spiro atoms. The molecule has 0 aliphatic rings. The van der Waals surface area contributed by atoms with E-state index < -0.39 is 0 Å². The van der Waals surface area contributed by atoms with Crippen LogP contribution in [0, 0.1) is 0 Å². The highest BCUT2D eigenvalue weighted by Crippen LogP contribution is 2.11. The molecule has 4 heteroatoms. The van der Waals surface area contributed by atoms with Crippen LogP contribution in [0.2, 0.25) is 0 Å². The highest BCUT2D eigenvalue weighted by molar-refractivity contribution is 5.38. The van der Waals surface area contributed by atoms with E-state index in [9.17, 15) is 0 Å². The molecule has 1 heterocycles. The zero-order valence-electron chi connectivity index (χ0n) is 7.95. The molecular weight excluding hydrogens is 166 g/mol. The highest BCUT2D eigenvalue weighted by atomic mass is 16.5. The molecule has 0 amide bonds. The number of methoxy groups -OCH3 is 1. The standard InChI is InChI=1S/C9H15N3O/c1-7(5-10)12-9-4-3-8(13-2)6-11-9/h3-4,6-7H,5,10H2,1-2H3,(H,11,12). The largest absolute Gasteiger partial charge is 0.495 e. The lowest BCUT2D eigenvalue weighted by molar-refractivity contribution is 0.413. The van der Waals surface area contributed by atoms with Crippen molar-refractivity contribution in [2.24, 2.45) is 5.73 Å². The fourth-order valence-corrected chi connectivity index (χ4v) is 0.898. The van der Waals surface area contributed by atoms with Gasteiger partial charge < -0.3 is 15.8 Å². The van der Waals surface area contributed by atoms with Gasteiger partial charge in [-0.05, 0) is 19.1 Å². The minimum Gasteiger partial charge on any atom is -0.495 e. The van der Waals surface area contributed by atoms with Crippen molar-refractivity contribution in [3.8, 4) is 5.75 Å². The number of hydrogen-bond acceptors (Lipinski definition) is 4. The Morgan fingerprint density at radius 3 is 2.85 bits per heavy atom. The third kappa shape index (κ3) is 2.91. The SMILES string of the molecule is COc1ccc(NC(C)CN)nc1.